The van der Waals surface area contributed by atoms with Gasteiger partial charge >= 0.3 is 0 Å². The summed E-state index contributed by atoms with van der Waals surface area (Å²) in [4.78, 5) is 0. The maximum absolute atomic E-state index is 6.20. The summed E-state index contributed by atoms with van der Waals surface area (Å²) in [5.74, 6) is 0.701. The van der Waals surface area contributed by atoms with Crippen LogP contribution >= 0.6 is 11.6 Å². The minimum absolute atomic E-state index is 0.214. The Hall–Kier alpha value is -1.25. The van der Waals surface area contributed by atoms with Crippen LogP contribution < -0.4 is 5.73 Å². The van der Waals surface area contributed by atoms with Gasteiger partial charge in [-0.2, -0.15) is 0 Å². The van der Waals surface area contributed by atoms with Gasteiger partial charge in [0, 0.05) is 30.0 Å². The fourth-order valence-electron chi connectivity index (χ4n) is 2.33. The van der Waals surface area contributed by atoms with Gasteiger partial charge in [0.05, 0.1) is 0 Å². The largest absolute Gasteiger partial charge is 0.350 e. The highest BCUT2D eigenvalue weighted by Crippen LogP contribution is 2.39. The first kappa shape index (κ1) is 11.8. The van der Waals surface area contributed by atoms with Gasteiger partial charge in [-0.25, -0.2) is 0 Å². The second kappa shape index (κ2) is 4.79. The summed E-state index contributed by atoms with van der Waals surface area (Å²) in [5.41, 5.74) is 8.66. The molecule has 2 aromatic rings. The lowest BCUT2D eigenvalue weighted by Crippen LogP contribution is -2.11. The number of rotatable bonds is 4. The predicted molar refractivity (Wildman–Crippen MR) is 74.6 cm³/mol. The van der Waals surface area contributed by atoms with E-state index in [4.69, 9.17) is 17.3 Å². The molecule has 1 aliphatic rings. The van der Waals surface area contributed by atoms with Gasteiger partial charge in [0.25, 0.3) is 0 Å². The fraction of sp³-hybridized carbons (Fsp3) is 0.333. The van der Waals surface area contributed by atoms with Crippen molar-refractivity contribution in [2.75, 3.05) is 0 Å². The maximum Gasteiger partial charge on any atom is 0.0470 e. The van der Waals surface area contributed by atoms with E-state index in [0.29, 0.717) is 5.92 Å². The molecule has 0 spiro atoms. The highest BCUT2D eigenvalue weighted by atomic mass is 35.5. The Bertz CT molecular complexity index is 543. The Morgan fingerprint density at radius 2 is 2.17 bits per heavy atom. The topological polar surface area (TPSA) is 30.9 Å². The van der Waals surface area contributed by atoms with Gasteiger partial charge in [-0.3, -0.25) is 0 Å². The second-order valence-corrected chi connectivity index (χ2v) is 5.55. The minimum atomic E-state index is 0.214. The average molecular weight is 261 g/mol. The molecule has 0 amide bonds. The number of nitrogens with two attached hydrogens (primary N) is 1. The van der Waals surface area contributed by atoms with E-state index in [2.05, 4.69) is 29.1 Å². The van der Waals surface area contributed by atoms with Crippen LogP contribution in [0.15, 0.2) is 42.7 Å². The monoisotopic (exact) mass is 260 g/mol. The maximum atomic E-state index is 6.20. The van der Waals surface area contributed by atoms with Crippen LogP contribution in [0.4, 0.5) is 0 Å². The Labute approximate surface area is 112 Å². The average Bonchev–Trinajstić information content (AvgIpc) is 3.09. The van der Waals surface area contributed by atoms with Crippen molar-refractivity contribution in [3.63, 3.8) is 0 Å². The molecule has 3 heteroatoms. The number of hydrogen-bond acceptors (Lipinski definition) is 1. The zero-order chi connectivity index (χ0) is 12.5. The summed E-state index contributed by atoms with van der Waals surface area (Å²) < 4.78 is 2.17. The van der Waals surface area contributed by atoms with Crippen LogP contribution in [0.3, 0.4) is 0 Å². The molecule has 18 heavy (non-hydrogen) atoms. The molecule has 1 unspecified atom stereocenters. The minimum Gasteiger partial charge on any atom is -0.350 e. The molecule has 2 N–H and O–H groups in total. The van der Waals surface area contributed by atoms with Crippen LogP contribution in [0.2, 0.25) is 5.02 Å². The van der Waals surface area contributed by atoms with Crippen molar-refractivity contribution in [1.29, 1.82) is 0 Å². The van der Waals surface area contributed by atoms with E-state index in [0.717, 1.165) is 11.6 Å². The SMILES string of the molecule is NC(c1ccn(Cc2cccc(Cl)c2)c1)C1CC1. The van der Waals surface area contributed by atoms with Crippen LogP contribution in [0.1, 0.15) is 30.0 Å². The molecule has 1 saturated carbocycles. The number of hydrogen-bond donors (Lipinski definition) is 1. The molecule has 1 aliphatic carbocycles. The first-order valence-electron chi connectivity index (χ1n) is 6.38. The molecule has 0 aliphatic heterocycles. The van der Waals surface area contributed by atoms with E-state index in [1.54, 1.807) is 0 Å². The van der Waals surface area contributed by atoms with Crippen molar-refractivity contribution in [2.45, 2.75) is 25.4 Å². The lowest BCUT2D eigenvalue weighted by molar-refractivity contribution is 0.631. The van der Waals surface area contributed by atoms with Crippen LogP contribution in [-0.2, 0) is 6.54 Å². The third-order valence-corrected chi connectivity index (χ3v) is 3.78. The lowest BCUT2D eigenvalue weighted by Gasteiger charge is -2.07. The van der Waals surface area contributed by atoms with Crippen molar-refractivity contribution >= 4 is 11.6 Å². The molecule has 2 nitrogen and oxygen atoms in total. The number of nitrogens with zero attached hydrogens (tertiary/aromatic N) is 1. The van der Waals surface area contributed by atoms with Gasteiger partial charge in [-0.1, -0.05) is 23.7 Å². The van der Waals surface area contributed by atoms with E-state index in [1.807, 2.05) is 18.2 Å². The molecule has 1 aromatic heterocycles. The van der Waals surface area contributed by atoms with Crippen molar-refractivity contribution in [1.82, 2.24) is 4.57 Å². The molecule has 94 valence electrons. The Kier molecular flexibility index (Phi) is 3.14. The van der Waals surface area contributed by atoms with Crippen molar-refractivity contribution in [3.8, 4) is 0 Å². The zero-order valence-corrected chi connectivity index (χ0v) is 11.0. The summed E-state index contributed by atoms with van der Waals surface area (Å²) in [6, 6.07) is 10.3. The Balaban J connectivity index is 1.73. The highest BCUT2D eigenvalue weighted by Gasteiger charge is 2.29. The van der Waals surface area contributed by atoms with E-state index in [9.17, 15) is 0 Å². The van der Waals surface area contributed by atoms with Gasteiger partial charge in [0.15, 0.2) is 0 Å². The van der Waals surface area contributed by atoms with E-state index >= 15 is 0 Å². The quantitative estimate of drug-likeness (QED) is 0.895. The number of benzene rings is 1. The van der Waals surface area contributed by atoms with E-state index in [1.165, 1.54) is 24.0 Å². The van der Waals surface area contributed by atoms with Gasteiger partial charge in [-0.05, 0) is 48.1 Å². The van der Waals surface area contributed by atoms with E-state index < -0.39 is 0 Å². The number of halogens is 1. The molecule has 0 saturated heterocycles. The summed E-state index contributed by atoms with van der Waals surface area (Å²) in [6.07, 6.45) is 6.81. The van der Waals surface area contributed by atoms with Crippen LogP contribution in [0.5, 0.6) is 0 Å². The standard InChI is InChI=1S/C15H17ClN2/c16-14-3-1-2-11(8-14)9-18-7-6-13(10-18)15(17)12-4-5-12/h1-3,6-8,10,12,15H,4-5,9,17H2. The summed E-state index contributed by atoms with van der Waals surface area (Å²) in [5, 5.41) is 0.787. The van der Waals surface area contributed by atoms with E-state index in [-0.39, 0.29) is 6.04 Å². The molecule has 1 heterocycles. The normalized spacial score (nSPS) is 16.8. The van der Waals surface area contributed by atoms with Crippen LogP contribution in [-0.4, -0.2) is 4.57 Å². The Morgan fingerprint density at radius 3 is 2.89 bits per heavy atom. The van der Waals surface area contributed by atoms with Crippen LogP contribution in [0, 0.1) is 5.92 Å². The highest BCUT2D eigenvalue weighted by molar-refractivity contribution is 6.30. The molecule has 1 aromatic carbocycles. The smallest absolute Gasteiger partial charge is 0.0470 e. The molecule has 1 atom stereocenters. The van der Waals surface area contributed by atoms with Crippen LogP contribution in [0.25, 0.3) is 0 Å². The molecular formula is C15H17ClN2. The van der Waals surface area contributed by atoms with Gasteiger partial charge in [0.1, 0.15) is 0 Å². The first-order valence-corrected chi connectivity index (χ1v) is 6.76. The van der Waals surface area contributed by atoms with Crippen molar-refractivity contribution in [3.05, 3.63) is 58.9 Å². The molecule has 3 rings (SSSR count). The third-order valence-electron chi connectivity index (χ3n) is 3.54. The predicted octanol–water partition coefficient (Wildman–Crippen LogP) is 3.60. The second-order valence-electron chi connectivity index (χ2n) is 5.11. The molecular weight excluding hydrogens is 244 g/mol. The first-order chi connectivity index (χ1) is 8.72. The van der Waals surface area contributed by atoms with Gasteiger partial charge in [-0.15, -0.1) is 0 Å². The molecule has 1 fully saturated rings. The van der Waals surface area contributed by atoms with Crippen molar-refractivity contribution < 1.29 is 0 Å². The summed E-state index contributed by atoms with van der Waals surface area (Å²) in [7, 11) is 0. The number of aromatic nitrogens is 1. The molecule has 0 bridgehead atoms. The van der Waals surface area contributed by atoms with Crippen molar-refractivity contribution in [2.24, 2.45) is 11.7 Å². The Morgan fingerprint density at radius 1 is 1.33 bits per heavy atom. The van der Waals surface area contributed by atoms with Gasteiger partial charge < -0.3 is 10.3 Å². The zero-order valence-electron chi connectivity index (χ0n) is 10.2. The summed E-state index contributed by atoms with van der Waals surface area (Å²) >= 11 is 5.99. The lowest BCUT2D eigenvalue weighted by atomic mass is 10.1. The third kappa shape index (κ3) is 2.60. The summed E-state index contributed by atoms with van der Waals surface area (Å²) in [6.45, 7) is 0.845. The fourth-order valence-corrected chi connectivity index (χ4v) is 2.54. The molecule has 0 radical (unpaired) electrons. The van der Waals surface area contributed by atoms with Gasteiger partial charge in [0.2, 0.25) is 0 Å².